The van der Waals surface area contributed by atoms with Crippen LogP contribution in [-0.2, 0) is 6.61 Å². The molecule has 0 saturated carbocycles. The summed E-state index contributed by atoms with van der Waals surface area (Å²) < 4.78 is 0. The monoisotopic (exact) mass is 197 g/mol. The Balaban J connectivity index is 3.12. The van der Waals surface area contributed by atoms with E-state index in [0.29, 0.717) is 5.02 Å². The minimum atomic E-state index is -0.251. The minimum absolute atomic E-state index is 0.0581. The van der Waals surface area contributed by atoms with Gasteiger partial charge >= 0.3 is 0 Å². The molecule has 0 aliphatic heterocycles. The van der Waals surface area contributed by atoms with Gasteiger partial charge in [0, 0.05) is 11.1 Å². The fraction of sp³-hybridized carbons (Fsp3) is 0.200. The van der Waals surface area contributed by atoms with Crippen molar-refractivity contribution >= 4 is 11.6 Å². The molecule has 0 aliphatic carbocycles. The second-order valence-corrected chi connectivity index (χ2v) is 3.20. The van der Waals surface area contributed by atoms with Crippen LogP contribution >= 0.6 is 11.6 Å². The Kier molecular flexibility index (Phi) is 3.48. The van der Waals surface area contributed by atoms with Gasteiger partial charge in [0.25, 0.3) is 0 Å². The highest BCUT2D eigenvalue weighted by Crippen LogP contribution is 2.21. The van der Waals surface area contributed by atoms with E-state index in [9.17, 15) is 0 Å². The third kappa shape index (κ3) is 2.31. The summed E-state index contributed by atoms with van der Waals surface area (Å²) >= 11 is 5.77. The van der Waals surface area contributed by atoms with Gasteiger partial charge in [-0.25, -0.2) is 0 Å². The summed E-state index contributed by atoms with van der Waals surface area (Å²) in [5, 5.41) is 9.64. The van der Waals surface area contributed by atoms with Gasteiger partial charge in [-0.1, -0.05) is 23.7 Å². The molecule has 0 bridgehead atoms. The Bertz CT molecular complexity index is 312. The SMILES string of the molecule is C=C[C@H](N)c1ccc(Cl)cc1CO. The molecular formula is C10H12ClNO. The summed E-state index contributed by atoms with van der Waals surface area (Å²) in [6.07, 6.45) is 1.63. The Morgan fingerprint density at radius 3 is 2.85 bits per heavy atom. The van der Waals surface area contributed by atoms with Crippen molar-refractivity contribution in [2.24, 2.45) is 5.73 Å². The van der Waals surface area contributed by atoms with E-state index in [1.807, 2.05) is 0 Å². The molecule has 0 fully saturated rings. The van der Waals surface area contributed by atoms with Gasteiger partial charge in [-0.3, -0.25) is 0 Å². The van der Waals surface area contributed by atoms with Crippen molar-refractivity contribution in [2.45, 2.75) is 12.6 Å². The molecule has 3 N–H and O–H groups in total. The summed E-state index contributed by atoms with van der Waals surface area (Å²) in [5.74, 6) is 0. The van der Waals surface area contributed by atoms with Gasteiger partial charge in [0.15, 0.2) is 0 Å². The number of rotatable bonds is 3. The highest BCUT2D eigenvalue weighted by molar-refractivity contribution is 6.30. The van der Waals surface area contributed by atoms with E-state index in [2.05, 4.69) is 6.58 Å². The molecule has 1 aromatic rings. The van der Waals surface area contributed by atoms with Gasteiger partial charge in [-0.2, -0.15) is 0 Å². The molecule has 0 unspecified atom stereocenters. The van der Waals surface area contributed by atoms with Crippen LogP contribution in [0.25, 0.3) is 0 Å². The second kappa shape index (κ2) is 4.42. The maximum atomic E-state index is 9.04. The third-order valence-electron chi connectivity index (χ3n) is 1.89. The molecule has 70 valence electrons. The first-order valence-corrected chi connectivity index (χ1v) is 4.34. The van der Waals surface area contributed by atoms with Crippen molar-refractivity contribution in [3.8, 4) is 0 Å². The van der Waals surface area contributed by atoms with Crippen LogP contribution in [0.2, 0.25) is 5.02 Å². The van der Waals surface area contributed by atoms with Crippen molar-refractivity contribution in [3.63, 3.8) is 0 Å². The molecule has 0 aromatic heterocycles. The van der Waals surface area contributed by atoms with Crippen LogP contribution in [0, 0.1) is 0 Å². The number of hydrogen-bond donors (Lipinski definition) is 2. The lowest BCUT2D eigenvalue weighted by Gasteiger charge is -2.11. The molecule has 2 nitrogen and oxygen atoms in total. The average molecular weight is 198 g/mol. The fourth-order valence-corrected chi connectivity index (χ4v) is 1.36. The van der Waals surface area contributed by atoms with Crippen LogP contribution in [0.3, 0.4) is 0 Å². The van der Waals surface area contributed by atoms with Gasteiger partial charge in [-0.15, -0.1) is 6.58 Å². The zero-order valence-electron chi connectivity index (χ0n) is 7.20. The Labute approximate surface area is 82.6 Å². The standard InChI is InChI=1S/C10H12ClNO/c1-2-10(12)9-4-3-8(11)5-7(9)6-13/h2-5,10,13H,1,6,12H2/t10-/m0/s1. The largest absolute Gasteiger partial charge is 0.392 e. The van der Waals surface area contributed by atoms with Crippen LogP contribution in [0.4, 0.5) is 0 Å². The Morgan fingerprint density at radius 1 is 1.62 bits per heavy atom. The van der Waals surface area contributed by atoms with Gasteiger partial charge in [0.1, 0.15) is 0 Å². The summed E-state index contributed by atoms with van der Waals surface area (Å²) in [4.78, 5) is 0. The lowest BCUT2D eigenvalue weighted by molar-refractivity contribution is 0.280. The molecule has 0 radical (unpaired) electrons. The van der Waals surface area contributed by atoms with E-state index in [4.69, 9.17) is 22.4 Å². The maximum Gasteiger partial charge on any atom is 0.0685 e. The van der Waals surface area contributed by atoms with E-state index in [1.165, 1.54) is 0 Å². The first-order chi connectivity index (χ1) is 6.19. The summed E-state index contributed by atoms with van der Waals surface area (Å²) in [6.45, 7) is 3.54. The van der Waals surface area contributed by atoms with Crippen LogP contribution in [0.5, 0.6) is 0 Å². The number of aliphatic hydroxyl groups excluding tert-OH is 1. The number of benzene rings is 1. The first-order valence-electron chi connectivity index (χ1n) is 3.96. The zero-order chi connectivity index (χ0) is 9.84. The third-order valence-corrected chi connectivity index (χ3v) is 2.12. The summed E-state index contributed by atoms with van der Waals surface area (Å²) in [7, 11) is 0. The first kappa shape index (κ1) is 10.3. The molecule has 1 rings (SSSR count). The average Bonchev–Trinajstić information content (AvgIpc) is 2.16. The van der Waals surface area contributed by atoms with Crippen molar-refractivity contribution in [1.29, 1.82) is 0 Å². The lowest BCUT2D eigenvalue weighted by Crippen LogP contribution is -2.09. The van der Waals surface area contributed by atoms with Crippen LogP contribution in [-0.4, -0.2) is 5.11 Å². The van der Waals surface area contributed by atoms with Crippen LogP contribution < -0.4 is 5.73 Å². The summed E-state index contributed by atoms with van der Waals surface area (Å²) in [5.41, 5.74) is 7.36. The normalized spacial score (nSPS) is 12.5. The maximum absolute atomic E-state index is 9.04. The number of hydrogen-bond acceptors (Lipinski definition) is 2. The summed E-state index contributed by atoms with van der Waals surface area (Å²) in [6, 6.07) is 5.01. The van der Waals surface area contributed by atoms with Crippen molar-refractivity contribution in [3.05, 3.63) is 47.0 Å². The van der Waals surface area contributed by atoms with Gasteiger partial charge in [0.2, 0.25) is 0 Å². The quantitative estimate of drug-likeness (QED) is 0.729. The molecule has 0 heterocycles. The van der Waals surface area contributed by atoms with Crippen molar-refractivity contribution in [1.82, 2.24) is 0 Å². The Morgan fingerprint density at radius 2 is 2.31 bits per heavy atom. The minimum Gasteiger partial charge on any atom is -0.392 e. The predicted molar refractivity (Wildman–Crippen MR) is 54.5 cm³/mol. The van der Waals surface area contributed by atoms with E-state index >= 15 is 0 Å². The van der Waals surface area contributed by atoms with Crippen molar-refractivity contribution < 1.29 is 5.11 Å². The molecule has 0 aliphatic rings. The van der Waals surface area contributed by atoms with E-state index in [0.717, 1.165) is 11.1 Å². The smallest absolute Gasteiger partial charge is 0.0685 e. The molecule has 3 heteroatoms. The number of aliphatic hydroxyl groups is 1. The molecule has 1 aromatic carbocycles. The second-order valence-electron chi connectivity index (χ2n) is 2.76. The van der Waals surface area contributed by atoms with Crippen LogP contribution in [0.15, 0.2) is 30.9 Å². The van der Waals surface area contributed by atoms with Gasteiger partial charge in [-0.05, 0) is 23.3 Å². The fourth-order valence-electron chi connectivity index (χ4n) is 1.16. The lowest BCUT2D eigenvalue weighted by atomic mass is 10.0. The molecule has 1 atom stereocenters. The van der Waals surface area contributed by atoms with E-state index < -0.39 is 0 Å². The van der Waals surface area contributed by atoms with Gasteiger partial charge < -0.3 is 10.8 Å². The highest BCUT2D eigenvalue weighted by Gasteiger charge is 2.07. The number of nitrogens with two attached hydrogens (primary N) is 1. The topological polar surface area (TPSA) is 46.2 Å². The zero-order valence-corrected chi connectivity index (χ0v) is 7.96. The van der Waals surface area contributed by atoms with Gasteiger partial charge in [0.05, 0.1) is 6.61 Å². The molecule has 13 heavy (non-hydrogen) atoms. The number of halogens is 1. The van der Waals surface area contributed by atoms with E-state index in [1.54, 1.807) is 24.3 Å². The molecular weight excluding hydrogens is 186 g/mol. The molecule has 0 spiro atoms. The van der Waals surface area contributed by atoms with Crippen LogP contribution in [0.1, 0.15) is 17.2 Å². The van der Waals surface area contributed by atoms with Crippen molar-refractivity contribution in [2.75, 3.05) is 0 Å². The molecule has 0 saturated heterocycles. The Hall–Kier alpha value is -0.830. The highest BCUT2D eigenvalue weighted by atomic mass is 35.5. The van der Waals surface area contributed by atoms with E-state index in [-0.39, 0.29) is 12.6 Å². The molecule has 0 amide bonds. The predicted octanol–water partition coefficient (Wildman–Crippen LogP) is 2.02.